The molecule has 1 fully saturated rings. The molecule has 5 rings (SSSR count). The number of fused-ring (bicyclic) bond motifs is 1. The zero-order chi connectivity index (χ0) is 28.4. The van der Waals surface area contributed by atoms with Crippen LogP contribution in [-0.2, 0) is 4.79 Å². The second-order valence-electron chi connectivity index (χ2n) is 10.3. The smallest absolute Gasteiger partial charge is 0.278 e. The summed E-state index contributed by atoms with van der Waals surface area (Å²) in [4.78, 5) is 46.2. The molecule has 11 heteroatoms. The lowest BCUT2D eigenvalue weighted by molar-refractivity contribution is -0.117. The van der Waals surface area contributed by atoms with Gasteiger partial charge in [-0.15, -0.1) is 5.10 Å². The Kier molecular flexibility index (Phi) is 7.56. The number of nitrogens with one attached hydrogen (secondary N) is 2. The van der Waals surface area contributed by atoms with Gasteiger partial charge in [0.05, 0.1) is 35.3 Å². The van der Waals surface area contributed by atoms with Crippen molar-refractivity contribution < 1.29 is 14.4 Å². The molecule has 0 spiro atoms. The number of likely N-dealkylation sites (tertiary alicyclic amines) is 1. The monoisotopic (exact) mass is 540 g/mol. The van der Waals surface area contributed by atoms with Crippen molar-refractivity contribution in [1.29, 1.82) is 0 Å². The largest absolute Gasteiger partial charge is 0.345 e. The highest BCUT2D eigenvalue weighted by molar-refractivity contribution is 6.08. The van der Waals surface area contributed by atoms with Crippen LogP contribution < -0.4 is 10.6 Å². The van der Waals surface area contributed by atoms with Gasteiger partial charge in [-0.3, -0.25) is 24.3 Å². The van der Waals surface area contributed by atoms with Crippen molar-refractivity contribution in [3.63, 3.8) is 0 Å². The Morgan fingerprint density at radius 1 is 1.07 bits per heavy atom. The average Bonchev–Trinajstić information content (AvgIpc) is 3.55. The van der Waals surface area contributed by atoms with E-state index in [4.69, 9.17) is 0 Å². The summed E-state index contributed by atoms with van der Waals surface area (Å²) in [7, 11) is 3.42. The van der Waals surface area contributed by atoms with Crippen molar-refractivity contribution in [2.24, 2.45) is 0 Å². The molecule has 1 saturated heterocycles. The van der Waals surface area contributed by atoms with Gasteiger partial charge in [0.15, 0.2) is 5.69 Å². The van der Waals surface area contributed by atoms with Crippen molar-refractivity contribution in [3.8, 4) is 11.1 Å². The summed E-state index contributed by atoms with van der Waals surface area (Å²) in [5, 5.41) is 14.0. The number of amides is 3. The molecule has 4 aromatic rings. The van der Waals surface area contributed by atoms with Crippen LogP contribution in [0, 0.1) is 6.92 Å². The maximum absolute atomic E-state index is 13.2. The van der Waals surface area contributed by atoms with Crippen molar-refractivity contribution in [3.05, 3.63) is 71.8 Å². The second kappa shape index (κ2) is 11.2. The van der Waals surface area contributed by atoms with Crippen molar-refractivity contribution in [1.82, 2.24) is 29.6 Å². The van der Waals surface area contributed by atoms with E-state index in [1.54, 1.807) is 51.6 Å². The molecule has 11 nitrogen and oxygen atoms in total. The summed E-state index contributed by atoms with van der Waals surface area (Å²) in [6.45, 7) is 5.14. The first-order chi connectivity index (χ1) is 19.2. The summed E-state index contributed by atoms with van der Waals surface area (Å²) in [6.07, 6.45) is 5.54. The predicted octanol–water partition coefficient (Wildman–Crippen LogP) is 3.48. The molecular formula is C29H32N8O3. The van der Waals surface area contributed by atoms with Crippen LogP contribution in [0.5, 0.6) is 0 Å². The van der Waals surface area contributed by atoms with E-state index in [1.165, 1.54) is 9.42 Å². The standard InChI is InChI=1S/C29H32N8O3/c1-18-7-6-12-36(18)17-26(38)31-23-14-24(19(2)30-15-23)32-28(39)27-25-11-10-22(16-37(25)34-33-27)20-8-5-9-21(13-20)29(40)35(3)4/h5,8-11,13-16,18H,6-7,12,17H2,1-4H3,(H,31,38)(H,32,39)/t18-/m0/s1. The van der Waals surface area contributed by atoms with Gasteiger partial charge >= 0.3 is 0 Å². The number of aromatic nitrogens is 4. The molecule has 2 N–H and O–H groups in total. The molecule has 1 atom stereocenters. The molecule has 40 heavy (non-hydrogen) atoms. The Morgan fingerprint density at radius 3 is 2.65 bits per heavy atom. The minimum atomic E-state index is -0.444. The van der Waals surface area contributed by atoms with E-state index in [9.17, 15) is 14.4 Å². The van der Waals surface area contributed by atoms with Crippen molar-refractivity contribution in [2.45, 2.75) is 32.7 Å². The van der Waals surface area contributed by atoms with Crippen LogP contribution in [0.4, 0.5) is 11.4 Å². The van der Waals surface area contributed by atoms with Crippen LogP contribution in [-0.4, -0.2) is 80.6 Å². The van der Waals surface area contributed by atoms with Gasteiger partial charge in [-0.2, -0.15) is 0 Å². The van der Waals surface area contributed by atoms with Gasteiger partial charge < -0.3 is 15.5 Å². The van der Waals surface area contributed by atoms with E-state index in [-0.39, 0.29) is 17.5 Å². The molecule has 0 aliphatic carbocycles. The lowest BCUT2D eigenvalue weighted by atomic mass is 10.0. The lowest BCUT2D eigenvalue weighted by Crippen LogP contribution is -2.35. The van der Waals surface area contributed by atoms with Gasteiger partial charge in [-0.25, -0.2) is 4.52 Å². The van der Waals surface area contributed by atoms with Crippen LogP contribution in [0.25, 0.3) is 16.6 Å². The Morgan fingerprint density at radius 2 is 1.90 bits per heavy atom. The fraction of sp³-hybridized carbons (Fsp3) is 0.310. The van der Waals surface area contributed by atoms with Crippen LogP contribution in [0.3, 0.4) is 0 Å². The Labute approximate surface area is 232 Å². The number of aryl methyl sites for hydroxylation is 1. The van der Waals surface area contributed by atoms with Gasteiger partial charge in [-0.05, 0) is 63.1 Å². The third-order valence-corrected chi connectivity index (χ3v) is 7.13. The number of nitrogens with zero attached hydrogens (tertiary/aromatic N) is 6. The van der Waals surface area contributed by atoms with E-state index >= 15 is 0 Å². The molecule has 1 aromatic carbocycles. The molecule has 206 valence electrons. The fourth-order valence-corrected chi connectivity index (χ4v) is 4.84. The second-order valence-corrected chi connectivity index (χ2v) is 10.3. The van der Waals surface area contributed by atoms with Crippen LogP contribution >= 0.6 is 0 Å². The summed E-state index contributed by atoms with van der Waals surface area (Å²) >= 11 is 0. The molecule has 1 aliphatic heterocycles. The molecule has 1 aliphatic rings. The summed E-state index contributed by atoms with van der Waals surface area (Å²) in [6, 6.07) is 13.0. The van der Waals surface area contributed by atoms with Crippen LogP contribution in [0.2, 0.25) is 0 Å². The number of hydrogen-bond donors (Lipinski definition) is 2. The van der Waals surface area contributed by atoms with Crippen molar-refractivity contribution >= 4 is 34.6 Å². The van der Waals surface area contributed by atoms with Crippen LogP contribution in [0.15, 0.2) is 54.9 Å². The summed E-state index contributed by atoms with van der Waals surface area (Å²) < 4.78 is 1.53. The molecule has 0 radical (unpaired) electrons. The summed E-state index contributed by atoms with van der Waals surface area (Å²) in [5.41, 5.74) is 4.50. The number of rotatable bonds is 7. The zero-order valence-electron chi connectivity index (χ0n) is 23.0. The van der Waals surface area contributed by atoms with Gasteiger partial charge in [0, 0.05) is 37.5 Å². The van der Waals surface area contributed by atoms with Gasteiger partial charge in [0.25, 0.3) is 11.8 Å². The maximum atomic E-state index is 13.2. The third kappa shape index (κ3) is 5.69. The molecule has 0 unspecified atom stereocenters. The molecule has 3 amide bonds. The van der Waals surface area contributed by atoms with E-state index in [0.717, 1.165) is 30.5 Å². The molecular weight excluding hydrogens is 508 g/mol. The predicted molar refractivity (Wildman–Crippen MR) is 152 cm³/mol. The molecule has 3 aromatic heterocycles. The SMILES string of the molecule is Cc1ncc(NC(=O)CN2CCC[C@@H]2C)cc1NC(=O)c1nnn2cc(-c3cccc(C(=O)N(C)C)c3)ccc12. The minimum Gasteiger partial charge on any atom is -0.345 e. The number of carbonyl (C=O) groups is 3. The highest BCUT2D eigenvalue weighted by Gasteiger charge is 2.23. The van der Waals surface area contributed by atoms with Gasteiger partial charge in [-0.1, -0.05) is 23.4 Å². The quantitative estimate of drug-likeness (QED) is 0.368. The van der Waals surface area contributed by atoms with Gasteiger partial charge in [0.2, 0.25) is 5.91 Å². The van der Waals surface area contributed by atoms with E-state index in [0.29, 0.717) is 40.7 Å². The first kappa shape index (κ1) is 26.9. The molecule has 4 heterocycles. The van der Waals surface area contributed by atoms with Crippen LogP contribution in [0.1, 0.15) is 46.3 Å². The highest BCUT2D eigenvalue weighted by Crippen LogP contribution is 2.24. The van der Waals surface area contributed by atoms with Crippen molar-refractivity contribution in [2.75, 3.05) is 37.8 Å². The zero-order valence-corrected chi connectivity index (χ0v) is 23.0. The van der Waals surface area contributed by atoms with E-state index in [1.807, 2.05) is 24.3 Å². The average molecular weight is 541 g/mol. The van der Waals surface area contributed by atoms with Gasteiger partial charge in [0.1, 0.15) is 0 Å². The first-order valence-electron chi connectivity index (χ1n) is 13.2. The number of hydrogen-bond acceptors (Lipinski definition) is 7. The topological polar surface area (TPSA) is 125 Å². The number of carbonyl (C=O) groups excluding carboxylic acids is 3. The number of pyridine rings is 2. The Bertz CT molecular complexity index is 1600. The highest BCUT2D eigenvalue weighted by atomic mass is 16.2. The first-order valence-corrected chi connectivity index (χ1v) is 13.2. The normalized spacial score (nSPS) is 15.2. The minimum absolute atomic E-state index is 0.0859. The lowest BCUT2D eigenvalue weighted by Gasteiger charge is -2.20. The third-order valence-electron chi connectivity index (χ3n) is 7.13. The Balaban J connectivity index is 1.31. The summed E-state index contributed by atoms with van der Waals surface area (Å²) in [5.74, 6) is -0.647. The van der Waals surface area contributed by atoms with E-state index in [2.05, 4.69) is 37.8 Å². The molecule has 0 bridgehead atoms. The van der Waals surface area contributed by atoms with E-state index < -0.39 is 5.91 Å². The molecule has 0 saturated carbocycles. The number of anilines is 2. The Hall–Kier alpha value is -4.64. The fourth-order valence-electron chi connectivity index (χ4n) is 4.84. The maximum Gasteiger partial charge on any atom is 0.278 e. The number of benzene rings is 1.